The molecule has 0 radical (unpaired) electrons. The van der Waals surface area contributed by atoms with Crippen molar-refractivity contribution < 1.29 is 19.4 Å². The van der Waals surface area contributed by atoms with Crippen LogP contribution in [-0.2, 0) is 14.3 Å². The number of aliphatic carboxylic acids is 1. The summed E-state index contributed by atoms with van der Waals surface area (Å²) in [5, 5.41) is 9.03. The van der Waals surface area contributed by atoms with Gasteiger partial charge >= 0.3 is 5.97 Å². The summed E-state index contributed by atoms with van der Waals surface area (Å²) < 4.78 is 11.6. The van der Waals surface area contributed by atoms with E-state index in [4.69, 9.17) is 20.3 Å². The van der Waals surface area contributed by atoms with Gasteiger partial charge in [0.15, 0.2) is 5.79 Å². The van der Waals surface area contributed by atoms with Crippen LogP contribution in [0.3, 0.4) is 0 Å². The number of nitrogens with two attached hydrogens (primary N) is 1. The van der Waals surface area contributed by atoms with E-state index >= 15 is 0 Å². The first-order valence-corrected chi connectivity index (χ1v) is 5.75. The fraction of sp³-hybridized carbons (Fsp3) is 0.909. The largest absolute Gasteiger partial charge is 0.480 e. The van der Waals surface area contributed by atoms with E-state index in [1.54, 1.807) is 0 Å². The molecule has 92 valence electrons. The summed E-state index contributed by atoms with van der Waals surface area (Å²) in [4.78, 5) is 11.0. The van der Waals surface area contributed by atoms with Crippen LogP contribution in [-0.4, -0.2) is 34.6 Å². The second-order valence-electron chi connectivity index (χ2n) is 5.02. The summed E-state index contributed by atoms with van der Waals surface area (Å²) in [5.41, 5.74) is 4.71. The van der Waals surface area contributed by atoms with Crippen LogP contribution in [0, 0.1) is 0 Å². The zero-order chi connectivity index (χ0) is 12.0. The van der Waals surface area contributed by atoms with Gasteiger partial charge in [0.2, 0.25) is 0 Å². The van der Waals surface area contributed by atoms with Gasteiger partial charge in [0, 0.05) is 12.8 Å². The molecule has 1 saturated heterocycles. The lowest BCUT2D eigenvalue weighted by Gasteiger charge is -2.39. The Bertz CT molecular complexity index is 284. The third-order valence-corrected chi connectivity index (χ3v) is 3.79. The summed E-state index contributed by atoms with van der Waals surface area (Å²) >= 11 is 0. The minimum absolute atomic E-state index is 0.0649. The molecule has 2 rings (SSSR count). The average molecular weight is 229 g/mol. The number of carbonyl (C=O) groups is 1. The summed E-state index contributed by atoms with van der Waals surface area (Å²) in [6.45, 7) is 3.95. The SMILES string of the molecule is C[C@@H]1OC2(CCC(N)(C(=O)O)CC2)O[C@H]1C. The van der Waals surface area contributed by atoms with Gasteiger partial charge in [-0.1, -0.05) is 0 Å². The lowest BCUT2D eigenvalue weighted by atomic mass is 9.79. The maximum absolute atomic E-state index is 11.0. The fourth-order valence-electron chi connectivity index (χ4n) is 2.42. The summed E-state index contributed by atoms with van der Waals surface area (Å²) in [7, 11) is 0. The monoisotopic (exact) mass is 229 g/mol. The van der Waals surface area contributed by atoms with Crippen LogP contribution in [0.4, 0.5) is 0 Å². The maximum atomic E-state index is 11.0. The van der Waals surface area contributed by atoms with E-state index in [0.29, 0.717) is 25.7 Å². The minimum Gasteiger partial charge on any atom is -0.480 e. The van der Waals surface area contributed by atoms with Gasteiger partial charge in [-0.15, -0.1) is 0 Å². The highest BCUT2D eigenvalue weighted by molar-refractivity contribution is 5.78. The highest BCUT2D eigenvalue weighted by atomic mass is 16.8. The van der Waals surface area contributed by atoms with Gasteiger partial charge in [-0.2, -0.15) is 0 Å². The van der Waals surface area contributed by atoms with Crippen molar-refractivity contribution in [1.29, 1.82) is 0 Å². The molecule has 16 heavy (non-hydrogen) atoms. The molecular weight excluding hydrogens is 210 g/mol. The topological polar surface area (TPSA) is 81.8 Å². The molecule has 0 bridgehead atoms. The molecule has 1 aliphatic heterocycles. The standard InChI is InChI=1S/C11H19NO4/c1-7-8(2)16-11(15-7)5-3-10(12,4-6-11)9(13)14/h7-8H,3-6,12H2,1-2H3,(H,13,14)/t7-,8-/m0/s1. The first-order valence-electron chi connectivity index (χ1n) is 5.75. The van der Waals surface area contributed by atoms with Gasteiger partial charge in [0.25, 0.3) is 0 Å². The predicted molar refractivity (Wildman–Crippen MR) is 56.8 cm³/mol. The first kappa shape index (κ1) is 11.8. The third kappa shape index (κ3) is 1.83. The van der Waals surface area contributed by atoms with Gasteiger partial charge in [0.05, 0.1) is 12.2 Å². The molecule has 2 fully saturated rings. The molecule has 5 nitrogen and oxygen atoms in total. The lowest BCUT2D eigenvalue weighted by Crippen LogP contribution is -2.54. The van der Waals surface area contributed by atoms with Crippen molar-refractivity contribution in [1.82, 2.24) is 0 Å². The minimum atomic E-state index is -1.10. The smallest absolute Gasteiger partial charge is 0.323 e. The molecule has 3 N–H and O–H groups in total. The molecule has 1 spiro atoms. The Balaban J connectivity index is 2.03. The number of rotatable bonds is 1. The summed E-state index contributed by atoms with van der Waals surface area (Å²) in [6.07, 6.45) is 2.06. The van der Waals surface area contributed by atoms with E-state index in [9.17, 15) is 4.79 Å². The molecular formula is C11H19NO4. The van der Waals surface area contributed by atoms with Crippen LogP contribution >= 0.6 is 0 Å². The normalized spacial score (nSPS) is 36.4. The van der Waals surface area contributed by atoms with Crippen LogP contribution in [0.5, 0.6) is 0 Å². The molecule has 1 aliphatic carbocycles. The van der Waals surface area contributed by atoms with Crippen LogP contribution in [0.15, 0.2) is 0 Å². The molecule has 0 aromatic rings. The van der Waals surface area contributed by atoms with Crippen LogP contribution in [0.2, 0.25) is 0 Å². The van der Waals surface area contributed by atoms with Crippen molar-refractivity contribution in [3.05, 3.63) is 0 Å². The summed E-state index contributed by atoms with van der Waals surface area (Å²) in [6, 6.07) is 0. The molecule has 0 unspecified atom stereocenters. The molecule has 5 heteroatoms. The zero-order valence-electron chi connectivity index (χ0n) is 9.73. The van der Waals surface area contributed by atoms with Gasteiger partial charge in [-0.3, -0.25) is 4.79 Å². The highest BCUT2D eigenvalue weighted by Gasteiger charge is 2.51. The molecule has 0 aromatic heterocycles. The van der Waals surface area contributed by atoms with Crippen molar-refractivity contribution >= 4 is 5.97 Å². The summed E-state index contributed by atoms with van der Waals surface area (Å²) in [5.74, 6) is -1.52. The fourth-order valence-corrected chi connectivity index (χ4v) is 2.42. The Kier molecular flexibility index (Phi) is 2.72. The Labute approximate surface area is 94.9 Å². The second kappa shape index (κ2) is 3.68. The van der Waals surface area contributed by atoms with Gasteiger partial charge in [-0.25, -0.2) is 0 Å². The Morgan fingerprint density at radius 1 is 1.19 bits per heavy atom. The Hall–Kier alpha value is -0.650. The van der Waals surface area contributed by atoms with E-state index in [0.717, 1.165) is 0 Å². The molecule has 1 saturated carbocycles. The van der Waals surface area contributed by atoms with E-state index in [1.165, 1.54) is 0 Å². The van der Waals surface area contributed by atoms with Crippen molar-refractivity contribution in [3.8, 4) is 0 Å². The van der Waals surface area contributed by atoms with Crippen molar-refractivity contribution in [2.24, 2.45) is 5.73 Å². The molecule has 1 heterocycles. The number of carboxylic acid groups (broad SMARTS) is 1. The van der Waals surface area contributed by atoms with Gasteiger partial charge in [0.1, 0.15) is 5.54 Å². The van der Waals surface area contributed by atoms with Gasteiger partial charge in [-0.05, 0) is 26.7 Å². The first-order chi connectivity index (χ1) is 7.37. The van der Waals surface area contributed by atoms with Gasteiger partial charge < -0.3 is 20.3 Å². The van der Waals surface area contributed by atoms with Crippen LogP contribution in [0.1, 0.15) is 39.5 Å². The van der Waals surface area contributed by atoms with Crippen molar-refractivity contribution in [2.45, 2.75) is 63.1 Å². The second-order valence-corrected chi connectivity index (χ2v) is 5.02. The van der Waals surface area contributed by atoms with E-state index in [2.05, 4.69) is 0 Å². The average Bonchev–Trinajstić information content (AvgIpc) is 2.48. The molecule has 2 atom stereocenters. The Morgan fingerprint density at radius 3 is 2.00 bits per heavy atom. The van der Waals surface area contributed by atoms with E-state index in [1.807, 2.05) is 13.8 Å². The van der Waals surface area contributed by atoms with Crippen LogP contribution in [0.25, 0.3) is 0 Å². The van der Waals surface area contributed by atoms with Crippen LogP contribution < -0.4 is 5.73 Å². The number of ether oxygens (including phenoxy) is 2. The van der Waals surface area contributed by atoms with Crippen molar-refractivity contribution in [3.63, 3.8) is 0 Å². The number of hydrogen-bond donors (Lipinski definition) is 2. The number of hydrogen-bond acceptors (Lipinski definition) is 4. The predicted octanol–water partition coefficient (Wildman–Crippen LogP) is 0.863. The highest BCUT2D eigenvalue weighted by Crippen LogP contribution is 2.42. The molecule has 0 aromatic carbocycles. The molecule has 2 aliphatic rings. The van der Waals surface area contributed by atoms with E-state index < -0.39 is 17.3 Å². The molecule has 0 amide bonds. The maximum Gasteiger partial charge on any atom is 0.323 e. The lowest BCUT2D eigenvalue weighted by molar-refractivity contribution is -0.201. The Morgan fingerprint density at radius 2 is 1.62 bits per heavy atom. The number of carboxylic acids is 1. The van der Waals surface area contributed by atoms with E-state index in [-0.39, 0.29) is 12.2 Å². The third-order valence-electron chi connectivity index (χ3n) is 3.79. The zero-order valence-corrected chi connectivity index (χ0v) is 9.73. The quantitative estimate of drug-likeness (QED) is 0.697. The van der Waals surface area contributed by atoms with Crippen molar-refractivity contribution in [2.75, 3.05) is 0 Å².